The maximum absolute atomic E-state index is 12.3. The average Bonchev–Trinajstić information content (AvgIpc) is 2.57. The molecule has 5 heteroatoms. The Bertz CT molecular complexity index is 895. The summed E-state index contributed by atoms with van der Waals surface area (Å²) in [6.07, 6.45) is -0.673. The van der Waals surface area contributed by atoms with Gasteiger partial charge in [-0.1, -0.05) is 53.5 Å². The zero-order valence-electron chi connectivity index (χ0n) is 12.9. The van der Waals surface area contributed by atoms with Crippen molar-refractivity contribution < 1.29 is 9.53 Å². The predicted octanol–water partition coefficient (Wildman–Crippen LogP) is 5.55. The van der Waals surface area contributed by atoms with Crippen LogP contribution in [0.4, 0.5) is 5.69 Å². The topological polar surface area (TPSA) is 38.3 Å². The van der Waals surface area contributed by atoms with Crippen LogP contribution in [-0.4, -0.2) is 12.0 Å². The number of halogens is 2. The van der Waals surface area contributed by atoms with Crippen LogP contribution in [0.3, 0.4) is 0 Å². The van der Waals surface area contributed by atoms with Gasteiger partial charge in [-0.2, -0.15) is 0 Å². The molecule has 3 rings (SSSR count). The fourth-order valence-electron chi connectivity index (χ4n) is 2.39. The first kappa shape index (κ1) is 16.6. The van der Waals surface area contributed by atoms with E-state index in [1.807, 2.05) is 24.3 Å². The molecule has 0 aliphatic carbocycles. The van der Waals surface area contributed by atoms with E-state index in [2.05, 4.69) is 5.32 Å². The van der Waals surface area contributed by atoms with Crippen LogP contribution in [0.15, 0.2) is 60.7 Å². The molecule has 3 aromatic carbocycles. The van der Waals surface area contributed by atoms with Gasteiger partial charge in [-0.25, -0.2) is 0 Å². The first-order chi connectivity index (χ1) is 11.5. The van der Waals surface area contributed by atoms with Gasteiger partial charge in [-0.05, 0) is 37.3 Å². The Balaban J connectivity index is 1.78. The van der Waals surface area contributed by atoms with Crippen LogP contribution >= 0.6 is 23.2 Å². The van der Waals surface area contributed by atoms with Gasteiger partial charge < -0.3 is 10.1 Å². The van der Waals surface area contributed by atoms with Crippen molar-refractivity contribution in [3.05, 3.63) is 70.7 Å². The number of amides is 1. The monoisotopic (exact) mass is 359 g/mol. The second-order valence-corrected chi connectivity index (χ2v) is 6.19. The second-order valence-electron chi connectivity index (χ2n) is 5.35. The molecule has 3 aromatic rings. The van der Waals surface area contributed by atoms with E-state index in [4.69, 9.17) is 27.9 Å². The summed E-state index contributed by atoms with van der Waals surface area (Å²) in [5.74, 6) is 0.361. The molecule has 24 heavy (non-hydrogen) atoms. The molecule has 1 atom stereocenters. The van der Waals surface area contributed by atoms with Crippen molar-refractivity contribution in [3.8, 4) is 5.75 Å². The van der Waals surface area contributed by atoms with E-state index >= 15 is 0 Å². The predicted molar refractivity (Wildman–Crippen MR) is 99.1 cm³/mol. The average molecular weight is 360 g/mol. The first-order valence-corrected chi connectivity index (χ1v) is 8.20. The maximum Gasteiger partial charge on any atom is 0.265 e. The molecule has 0 spiro atoms. The number of carbonyl (C=O) groups is 1. The van der Waals surface area contributed by atoms with Crippen molar-refractivity contribution in [2.24, 2.45) is 0 Å². The lowest BCUT2D eigenvalue weighted by molar-refractivity contribution is -0.122. The molecule has 0 fully saturated rings. The Hall–Kier alpha value is -2.23. The smallest absolute Gasteiger partial charge is 0.265 e. The number of hydrogen-bond donors (Lipinski definition) is 1. The molecule has 0 saturated heterocycles. The lowest BCUT2D eigenvalue weighted by Crippen LogP contribution is -2.30. The summed E-state index contributed by atoms with van der Waals surface area (Å²) in [7, 11) is 0. The van der Waals surface area contributed by atoms with Gasteiger partial charge in [0.15, 0.2) is 6.10 Å². The molecule has 0 radical (unpaired) electrons. The number of nitrogens with one attached hydrogen (secondary N) is 1. The van der Waals surface area contributed by atoms with Gasteiger partial charge in [0, 0.05) is 26.5 Å². The van der Waals surface area contributed by atoms with Gasteiger partial charge in [0.2, 0.25) is 0 Å². The van der Waals surface area contributed by atoms with Crippen LogP contribution in [-0.2, 0) is 4.79 Å². The third kappa shape index (κ3) is 3.64. The molecule has 1 N–H and O–H groups in total. The van der Waals surface area contributed by atoms with Crippen LogP contribution < -0.4 is 10.1 Å². The fraction of sp³-hybridized carbons (Fsp3) is 0.105. The largest absolute Gasteiger partial charge is 0.480 e. The van der Waals surface area contributed by atoms with Gasteiger partial charge in [0.05, 0.1) is 0 Å². The van der Waals surface area contributed by atoms with Gasteiger partial charge in [-0.3, -0.25) is 4.79 Å². The van der Waals surface area contributed by atoms with Gasteiger partial charge in [0.25, 0.3) is 5.91 Å². The summed E-state index contributed by atoms with van der Waals surface area (Å²) in [5, 5.41) is 5.75. The third-order valence-electron chi connectivity index (χ3n) is 3.60. The minimum atomic E-state index is -0.673. The van der Waals surface area contributed by atoms with E-state index in [1.54, 1.807) is 43.3 Å². The second kappa shape index (κ2) is 7.12. The highest BCUT2D eigenvalue weighted by Gasteiger charge is 2.16. The molecule has 122 valence electrons. The molecule has 0 aromatic heterocycles. The Morgan fingerprint density at radius 1 is 1.00 bits per heavy atom. The molecule has 0 heterocycles. The standard InChI is InChI=1S/C19H15Cl2NO2/c1-12(19(23)22-14-6-4-5-13(20)11-14)24-18-10-9-17(21)15-7-2-3-8-16(15)18/h2-12H,1H3,(H,22,23)/t12-/m0/s1. The summed E-state index contributed by atoms with van der Waals surface area (Å²) in [6, 6.07) is 18.2. The molecular formula is C19H15Cl2NO2. The van der Waals surface area contributed by atoms with Crippen LogP contribution in [0.5, 0.6) is 5.75 Å². The highest BCUT2D eigenvalue weighted by Crippen LogP contribution is 2.31. The van der Waals surface area contributed by atoms with Gasteiger partial charge >= 0.3 is 0 Å². The zero-order valence-corrected chi connectivity index (χ0v) is 14.4. The molecule has 1 amide bonds. The van der Waals surface area contributed by atoms with E-state index < -0.39 is 6.10 Å². The summed E-state index contributed by atoms with van der Waals surface area (Å²) < 4.78 is 5.84. The Morgan fingerprint density at radius 2 is 1.75 bits per heavy atom. The number of benzene rings is 3. The lowest BCUT2D eigenvalue weighted by Gasteiger charge is -2.16. The van der Waals surface area contributed by atoms with E-state index in [9.17, 15) is 4.79 Å². The Kier molecular flexibility index (Phi) is 4.93. The maximum atomic E-state index is 12.3. The number of fused-ring (bicyclic) bond motifs is 1. The lowest BCUT2D eigenvalue weighted by atomic mass is 10.1. The minimum Gasteiger partial charge on any atom is -0.480 e. The molecule has 3 nitrogen and oxygen atoms in total. The van der Waals surface area contributed by atoms with Crippen molar-refractivity contribution in [2.75, 3.05) is 5.32 Å². The molecule has 0 aliphatic heterocycles. The van der Waals surface area contributed by atoms with E-state index in [0.29, 0.717) is 21.5 Å². The summed E-state index contributed by atoms with van der Waals surface area (Å²) in [4.78, 5) is 12.3. The highest BCUT2D eigenvalue weighted by atomic mass is 35.5. The van der Waals surface area contributed by atoms with E-state index in [-0.39, 0.29) is 5.91 Å². The number of carbonyl (C=O) groups excluding carboxylic acids is 1. The Morgan fingerprint density at radius 3 is 2.50 bits per heavy atom. The third-order valence-corrected chi connectivity index (χ3v) is 4.16. The Labute approximate surface area is 150 Å². The summed E-state index contributed by atoms with van der Waals surface area (Å²) in [6.45, 7) is 1.70. The highest BCUT2D eigenvalue weighted by molar-refractivity contribution is 6.35. The summed E-state index contributed by atoms with van der Waals surface area (Å²) >= 11 is 12.1. The van der Waals surface area contributed by atoms with Crippen molar-refractivity contribution >= 4 is 45.6 Å². The molecule has 0 bridgehead atoms. The molecular weight excluding hydrogens is 345 g/mol. The molecule has 0 unspecified atom stereocenters. The quantitative estimate of drug-likeness (QED) is 0.662. The first-order valence-electron chi connectivity index (χ1n) is 7.45. The van der Waals surface area contributed by atoms with E-state index in [0.717, 1.165) is 10.8 Å². The van der Waals surface area contributed by atoms with Crippen LogP contribution in [0, 0.1) is 0 Å². The minimum absolute atomic E-state index is 0.253. The molecule has 0 aliphatic rings. The number of hydrogen-bond acceptors (Lipinski definition) is 2. The van der Waals surface area contributed by atoms with Crippen molar-refractivity contribution in [1.82, 2.24) is 0 Å². The van der Waals surface area contributed by atoms with Gasteiger partial charge in [-0.15, -0.1) is 0 Å². The number of rotatable bonds is 4. The number of anilines is 1. The van der Waals surface area contributed by atoms with Crippen LogP contribution in [0.1, 0.15) is 6.92 Å². The normalized spacial score (nSPS) is 12.0. The SMILES string of the molecule is C[C@H](Oc1ccc(Cl)c2ccccc12)C(=O)Nc1cccc(Cl)c1. The van der Waals surface area contributed by atoms with Crippen molar-refractivity contribution in [1.29, 1.82) is 0 Å². The zero-order chi connectivity index (χ0) is 17.1. The van der Waals surface area contributed by atoms with Crippen LogP contribution in [0.2, 0.25) is 10.0 Å². The molecule has 0 saturated carbocycles. The number of ether oxygens (including phenoxy) is 1. The van der Waals surface area contributed by atoms with Crippen LogP contribution in [0.25, 0.3) is 10.8 Å². The van der Waals surface area contributed by atoms with Gasteiger partial charge in [0.1, 0.15) is 5.75 Å². The fourth-order valence-corrected chi connectivity index (χ4v) is 2.81. The summed E-state index contributed by atoms with van der Waals surface area (Å²) in [5.41, 5.74) is 0.629. The van der Waals surface area contributed by atoms with Crippen molar-refractivity contribution in [2.45, 2.75) is 13.0 Å². The van der Waals surface area contributed by atoms with Crippen molar-refractivity contribution in [3.63, 3.8) is 0 Å². The van der Waals surface area contributed by atoms with E-state index in [1.165, 1.54) is 0 Å².